The summed E-state index contributed by atoms with van der Waals surface area (Å²) in [6.07, 6.45) is 29.7. The standard InChI is InChI=1S/C41H58Br2S3/c1-5-9-13-17-21-30-25-34(26-35(30)36-28-33(41(43)45-36)24-20-16-12-8-4)39-31(22-18-14-10-6-2)27-37(44-39)40-32(29-38(42)46-40)23-19-15-11-7-3/h25,27-29H,5-24,26H2,1-4H3. The Hall–Kier alpha value is -0.460. The summed E-state index contributed by atoms with van der Waals surface area (Å²) in [5.41, 5.74) is 9.46. The van der Waals surface area contributed by atoms with Gasteiger partial charge in [-0.05, 0) is 135 Å². The molecule has 0 atom stereocenters. The second-order valence-electron chi connectivity index (χ2n) is 13.4. The van der Waals surface area contributed by atoms with Crippen LogP contribution in [0.1, 0.15) is 170 Å². The molecule has 0 spiro atoms. The van der Waals surface area contributed by atoms with Crippen LogP contribution in [0.25, 0.3) is 20.9 Å². The molecule has 3 aromatic rings. The van der Waals surface area contributed by atoms with Crippen LogP contribution in [0.5, 0.6) is 0 Å². The van der Waals surface area contributed by atoms with Gasteiger partial charge in [0.1, 0.15) is 0 Å². The fraction of sp³-hybridized carbons (Fsp3) is 0.610. The van der Waals surface area contributed by atoms with Crippen molar-refractivity contribution >= 4 is 77.0 Å². The van der Waals surface area contributed by atoms with Gasteiger partial charge in [0.2, 0.25) is 0 Å². The lowest BCUT2D eigenvalue weighted by atomic mass is 10.00. The van der Waals surface area contributed by atoms with E-state index in [1.165, 1.54) is 156 Å². The van der Waals surface area contributed by atoms with E-state index >= 15 is 0 Å². The Labute approximate surface area is 310 Å². The normalized spacial score (nSPS) is 13.4. The van der Waals surface area contributed by atoms with E-state index < -0.39 is 0 Å². The molecule has 3 heterocycles. The molecule has 1 aliphatic carbocycles. The van der Waals surface area contributed by atoms with Gasteiger partial charge in [-0.3, -0.25) is 0 Å². The molecule has 0 unspecified atom stereocenters. The monoisotopic (exact) mass is 804 g/mol. The van der Waals surface area contributed by atoms with Crippen LogP contribution in [0, 0.1) is 0 Å². The van der Waals surface area contributed by atoms with Crippen LogP contribution < -0.4 is 0 Å². The first-order valence-corrected chi connectivity index (χ1v) is 22.6. The van der Waals surface area contributed by atoms with Crippen molar-refractivity contribution in [2.45, 2.75) is 163 Å². The zero-order chi connectivity index (χ0) is 32.7. The summed E-state index contributed by atoms with van der Waals surface area (Å²) in [4.78, 5) is 6.08. The third-order valence-electron chi connectivity index (χ3n) is 9.46. The first-order valence-electron chi connectivity index (χ1n) is 18.6. The molecule has 5 heteroatoms. The molecule has 46 heavy (non-hydrogen) atoms. The van der Waals surface area contributed by atoms with Gasteiger partial charge in [-0.15, -0.1) is 34.0 Å². The van der Waals surface area contributed by atoms with E-state index in [9.17, 15) is 0 Å². The van der Waals surface area contributed by atoms with Crippen molar-refractivity contribution in [1.82, 2.24) is 0 Å². The predicted octanol–water partition coefficient (Wildman–Crippen LogP) is 16.6. The van der Waals surface area contributed by atoms with Crippen LogP contribution in [0.15, 0.2) is 37.4 Å². The summed E-state index contributed by atoms with van der Waals surface area (Å²) >= 11 is 13.9. The van der Waals surface area contributed by atoms with Gasteiger partial charge < -0.3 is 0 Å². The maximum Gasteiger partial charge on any atom is 0.0736 e. The van der Waals surface area contributed by atoms with Gasteiger partial charge in [-0.25, -0.2) is 0 Å². The van der Waals surface area contributed by atoms with Crippen molar-refractivity contribution < 1.29 is 0 Å². The zero-order valence-corrected chi connectivity index (χ0v) is 34.8. The van der Waals surface area contributed by atoms with Crippen LogP contribution in [-0.4, -0.2) is 0 Å². The van der Waals surface area contributed by atoms with Gasteiger partial charge in [0, 0.05) is 25.9 Å². The summed E-state index contributed by atoms with van der Waals surface area (Å²) in [5.74, 6) is 0. The molecule has 254 valence electrons. The summed E-state index contributed by atoms with van der Waals surface area (Å²) < 4.78 is 2.63. The molecule has 0 saturated heterocycles. The molecule has 0 saturated carbocycles. The van der Waals surface area contributed by atoms with E-state index in [1.54, 1.807) is 32.7 Å². The van der Waals surface area contributed by atoms with E-state index in [2.05, 4.69) is 95.2 Å². The number of hydrogen-bond acceptors (Lipinski definition) is 3. The summed E-state index contributed by atoms with van der Waals surface area (Å²) in [5, 5.41) is 0. The van der Waals surface area contributed by atoms with Crippen molar-refractivity contribution in [3.05, 3.63) is 63.9 Å². The predicted molar refractivity (Wildman–Crippen MR) is 219 cm³/mol. The van der Waals surface area contributed by atoms with E-state index in [-0.39, 0.29) is 0 Å². The average molecular weight is 807 g/mol. The molecular weight excluding hydrogens is 748 g/mol. The van der Waals surface area contributed by atoms with Gasteiger partial charge in [0.15, 0.2) is 0 Å². The van der Waals surface area contributed by atoms with Crippen LogP contribution in [0.4, 0.5) is 0 Å². The van der Waals surface area contributed by atoms with Crippen LogP contribution in [0.3, 0.4) is 0 Å². The SMILES string of the molecule is CCCCCCC1=C(c2cc(CCCCCC)c(Br)s2)CC(c2sc(-c3sc(Br)cc3CCCCCC)cc2CCCCCC)=C1. The molecule has 0 fully saturated rings. The van der Waals surface area contributed by atoms with E-state index in [0.29, 0.717) is 0 Å². The lowest BCUT2D eigenvalue weighted by Gasteiger charge is -2.07. The Morgan fingerprint density at radius 2 is 1.04 bits per heavy atom. The van der Waals surface area contributed by atoms with Crippen LogP contribution in [-0.2, 0) is 19.3 Å². The number of allylic oxidation sites excluding steroid dienone is 4. The fourth-order valence-corrected chi connectivity index (χ4v) is 11.7. The van der Waals surface area contributed by atoms with Gasteiger partial charge >= 0.3 is 0 Å². The van der Waals surface area contributed by atoms with Crippen LogP contribution >= 0.6 is 65.9 Å². The topological polar surface area (TPSA) is 0 Å². The lowest BCUT2D eigenvalue weighted by Crippen LogP contribution is -1.89. The molecule has 0 N–H and O–H groups in total. The Balaban J connectivity index is 1.63. The van der Waals surface area contributed by atoms with Gasteiger partial charge in [-0.2, -0.15) is 0 Å². The molecular formula is C41H58Br2S3. The summed E-state index contributed by atoms with van der Waals surface area (Å²) in [6.45, 7) is 9.25. The van der Waals surface area contributed by atoms with E-state index in [0.717, 1.165) is 6.42 Å². The Morgan fingerprint density at radius 1 is 0.522 bits per heavy atom. The minimum Gasteiger partial charge on any atom is -0.134 e. The number of halogens is 2. The second-order valence-corrected chi connectivity index (χ2v) is 19.2. The van der Waals surface area contributed by atoms with Crippen molar-refractivity contribution in [2.24, 2.45) is 0 Å². The smallest absolute Gasteiger partial charge is 0.0736 e. The average Bonchev–Trinajstić information content (AvgIpc) is 3.83. The molecule has 0 bridgehead atoms. The van der Waals surface area contributed by atoms with Crippen molar-refractivity contribution in [1.29, 1.82) is 0 Å². The highest BCUT2D eigenvalue weighted by Gasteiger charge is 2.25. The summed E-state index contributed by atoms with van der Waals surface area (Å²) in [7, 11) is 0. The highest BCUT2D eigenvalue weighted by molar-refractivity contribution is 9.11. The first-order chi connectivity index (χ1) is 22.5. The van der Waals surface area contributed by atoms with E-state index in [1.807, 2.05) is 22.7 Å². The summed E-state index contributed by atoms with van der Waals surface area (Å²) in [6, 6.07) is 7.54. The third-order valence-corrected chi connectivity index (χ3v) is 14.6. The highest BCUT2D eigenvalue weighted by atomic mass is 79.9. The molecule has 0 aromatic carbocycles. The maximum absolute atomic E-state index is 3.98. The van der Waals surface area contributed by atoms with Crippen LogP contribution in [0.2, 0.25) is 0 Å². The molecule has 0 aliphatic heterocycles. The number of hydrogen-bond donors (Lipinski definition) is 0. The number of unbranched alkanes of at least 4 members (excludes halogenated alkanes) is 12. The fourth-order valence-electron chi connectivity index (χ4n) is 6.75. The minimum atomic E-state index is 1.09. The Kier molecular flexibility index (Phi) is 17.4. The van der Waals surface area contributed by atoms with Gasteiger partial charge in [-0.1, -0.05) is 111 Å². The lowest BCUT2D eigenvalue weighted by molar-refractivity contribution is 0.667. The molecule has 3 aromatic heterocycles. The second kappa shape index (κ2) is 20.9. The molecule has 4 rings (SSSR count). The molecule has 0 nitrogen and oxygen atoms in total. The Morgan fingerprint density at radius 3 is 1.63 bits per heavy atom. The number of thiophene rings is 3. The largest absolute Gasteiger partial charge is 0.134 e. The number of aryl methyl sites for hydroxylation is 3. The van der Waals surface area contributed by atoms with Crippen molar-refractivity contribution in [2.75, 3.05) is 0 Å². The number of rotatable bonds is 23. The minimum absolute atomic E-state index is 1.09. The molecule has 1 aliphatic rings. The van der Waals surface area contributed by atoms with Crippen molar-refractivity contribution in [3.8, 4) is 9.75 Å². The first kappa shape index (κ1) is 38.3. The van der Waals surface area contributed by atoms with Crippen molar-refractivity contribution in [3.63, 3.8) is 0 Å². The zero-order valence-electron chi connectivity index (χ0n) is 29.1. The molecule has 0 radical (unpaired) electrons. The quantitative estimate of drug-likeness (QED) is 0.0838. The maximum atomic E-state index is 3.98. The Bertz CT molecular complexity index is 1400. The molecule has 0 amide bonds. The highest BCUT2D eigenvalue weighted by Crippen LogP contribution is 2.49. The van der Waals surface area contributed by atoms with Gasteiger partial charge in [0.25, 0.3) is 0 Å². The van der Waals surface area contributed by atoms with E-state index in [4.69, 9.17) is 0 Å². The van der Waals surface area contributed by atoms with Gasteiger partial charge in [0.05, 0.1) is 7.57 Å². The third kappa shape index (κ3) is 11.3.